The van der Waals surface area contributed by atoms with E-state index in [0.29, 0.717) is 24.0 Å². The third-order valence-corrected chi connectivity index (χ3v) is 10.5. The van der Waals surface area contributed by atoms with Crippen molar-refractivity contribution in [3.8, 4) is 18.1 Å². The van der Waals surface area contributed by atoms with Crippen molar-refractivity contribution in [3.05, 3.63) is 29.3 Å². The summed E-state index contributed by atoms with van der Waals surface area (Å²) in [5.74, 6) is 0.676. The maximum atomic E-state index is 12.8. The van der Waals surface area contributed by atoms with Crippen LogP contribution in [-0.4, -0.2) is 73.3 Å². The van der Waals surface area contributed by atoms with Gasteiger partial charge in [-0.05, 0) is 79.5 Å². The highest BCUT2D eigenvalue weighted by atomic mass is 16.7. The van der Waals surface area contributed by atoms with Gasteiger partial charge in [-0.3, -0.25) is 19.2 Å². The molecule has 0 N–H and O–H groups in total. The van der Waals surface area contributed by atoms with Crippen molar-refractivity contribution in [3.63, 3.8) is 0 Å². The second-order valence-corrected chi connectivity index (χ2v) is 13.1. The zero-order valence-corrected chi connectivity index (χ0v) is 27.6. The predicted octanol–water partition coefficient (Wildman–Crippen LogP) is 3.55. The van der Waals surface area contributed by atoms with Crippen LogP contribution in [0.2, 0.25) is 0 Å². The SMILES string of the molecule is C#C[C@]1(OC(C)=O)CC[C@H]2[C@@H]3CCc4cc(O[C@@H]5O[C@H](C(=O)OC)[C@@H](OC(C)=O)[C@H](OC(C)=O)[C@H]5OC(C)=O)ccc4[C@H]3CC[C@@]21C. The van der Waals surface area contributed by atoms with Gasteiger partial charge in [-0.1, -0.05) is 18.9 Å². The first-order valence-electron chi connectivity index (χ1n) is 16.0. The molecule has 12 nitrogen and oxygen atoms in total. The number of rotatable bonds is 7. The van der Waals surface area contributed by atoms with Crippen molar-refractivity contribution in [1.29, 1.82) is 0 Å². The summed E-state index contributed by atoms with van der Waals surface area (Å²) < 4.78 is 39.1. The van der Waals surface area contributed by atoms with Gasteiger partial charge in [0, 0.05) is 33.1 Å². The number of hydrogen-bond donors (Lipinski definition) is 0. The van der Waals surface area contributed by atoms with Gasteiger partial charge in [0.15, 0.2) is 23.9 Å². The molecule has 2 saturated carbocycles. The van der Waals surface area contributed by atoms with Crippen LogP contribution in [0.4, 0.5) is 0 Å². The number of methoxy groups -OCH3 is 1. The van der Waals surface area contributed by atoms with E-state index in [1.807, 2.05) is 12.1 Å². The Hall–Kier alpha value is -4.11. The first-order valence-corrected chi connectivity index (χ1v) is 16.0. The molecule has 1 aromatic rings. The largest absolute Gasteiger partial charge is 0.467 e. The monoisotopic (exact) mass is 654 g/mol. The zero-order chi connectivity index (χ0) is 34.3. The molecule has 3 aliphatic carbocycles. The minimum atomic E-state index is -1.55. The standard InChI is InChI=1S/C35H42O12/c1-8-35(47-21(5)39)16-14-27-26-11-9-22-17-23(10-12-24(22)25(26)13-15-34(27,35)6)45-33-31(44-20(4)38)29(43-19(3)37)28(42-18(2)36)30(46-33)32(40)41-7/h1,10,12,17,25-31,33H,9,11,13-16H2,2-7H3/t25-,26-,27+,28+,29+,30+,31-,33-,34+,35+/m1/s1. The molecule has 1 aliphatic heterocycles. The molecule has 3 fully saturated rings. The molecule has 5 rings (SSSR count). The van der Waals surface area contributed by atoms with Crippen LogP contribution in [-0.2, 0) is 58.8 Å². The minimum Gasteiger partial charge on any atom is -0.467 e. The number of benzene rings is 1. The molecule has 0 radical (unpaired) electrons. The second kappa shape index (κ2) is 13.2. The van der Waals surface area contributed by atoms with Gasteiger partial charge in [0.05, 0.1) is 7.11 Å². The van der Waals surface area contributed by atoms with Crippen LogP contribution in [0.1, 0.15) is 83.8 Å². The maximum Gasteiger partial charge on any atom is 0.339 e. The molecule has 47 heavy (non-hydrogen) atoms. The Morgan fingerprint density at radius 1 is 0.872 bits per heavy atom. The highest BCUT2D eigenvalue weighted by Crippen LogP contribution is 2.65. The third-order valence-electron chi connectivity index (χ3n) is 10.5. The molecule has 4 aliphatic rings. The fraction of sp³-hybridized carbons (Fsp3) is 0.629. The van der Waals surface area contributed by atoms with Crippen LogP contribution in [0.15, 0.2) is 18.2 Å². The minimum absolute atomic E-state index is 0.290. The number of fused-ring (bicyclic) bond motifs is 5. The summed E-state index contributed by atoms with van der Waals surface area (Å²) >= 11 is 0. The van der Waals surface area contributed by atoms with E-state index in [-0.39, 0.29) is 17.3 Å². The van der Waals surface area contributed by atoms with E-state index in [1.54, 1.807) is 6.07 Å². The summed E-state index contributed by atoms with van der Waals surface area (Å²) in [7, 11) is 1.13. The molecular formula is C35H42O12. The number of carbonyl (C=O) groups is 5. The summed E-state index contributed by atoms with van der Waals surface area (Å²) in [6.07, 6.45) is 3.68. The van der Waals surface area contributed by atoms with Crippen molar-refractivity contribution in [2.24, 2.45) is 17.3 Å². The molecule has 1 saturated heterocycles. The van der Waals surface area contributed by atoms with Crippen LogP contribution >= 0.6 is 0 Å². The lowest BCUT2D eigenvalue weighted by Crippen LogP contribution is -2.64. The Morgan fingerprint density at radius 2 is 1.53 bits per heavy atom. The van der Waals surface area contributed by atoms with E-state index in [4.69, 9.17) is 39.6 Å². The number of terminal acetylenes is 1. The van der Waals surface area contributed by atoms with Gasteiger partial charge in [0.2, 0.25) is 12.4 Å². The van der Waals surface area contributed by atoms with Crippen molar-refractivity contribution in [2.75, 3.05) is 7.11 Å². The lowest BCUT2D eigenvalue weighted by Gasteiger charge is -2.52. The van der Waals surface area contributed by atoms with Gasteiger partial charge in [0.25, 0.3) is 0 Å². The lowest BCUT2D eigenvalue weighted by molar-refractivity contribution is -0.282. The maximum absolute atomic E-state index is 12.8. The van der Waals surface area contributed by atoms with Crippen LogP contribution in [0.3, 0.4) is 0 Å². The summed E-state index contributed by atoms with van der Waals surface area (Å²) in [5.41, 5.74) is 1.10. The topological polar surface area (TPSA) is 150 Å². The lowest BCUT2D eigenvalue weighted by atomic mass is 9.53. The van der Waals surface area contributed by atoms with Gasteiger partial charge in [-0.2, -0.15) is 0 Å². The van der Waals surface area contributed by atoms with Gasteiger partial charge < -0.3 is 33.2 Å². The van der Waals surface area contributed by atoms with Crippen molar-refractivity contribution in [1.82, 2.24) is 0 Å². The quantitative estimate of drug-likeness (QED) is 0.240. The van der Waals surface area contributed by atoms with Crippen molar-refractivity contribution >= 4 is 29.8 Å². The fourth-order valence-corrected chi connectivity index (χ4v) is 8.62. The molecule has 10 atom stereocenters. The smallest absolute Gasteiger partial charge is 0.339 e. The van der Waals surface area contributed by atoms with Crippen LogP contribution in [0.5, 0.6) is 5.75 Å². The van der Waals surface area contributed by atoms with E-state index in [1.165, 1.54) is 12.5 Å². The van der Waals surface area contributed by atoms with Crippen molar-refractivity contribution < 1.29 is 57.1 Å². The predicted molar refractivity (Wildman–Crippen MR) is 162 cm³/mol. The second-order valence-electron chi connectivity index (χ2n) is 13.1. The molecule has 12 heteroatoms. The molecule has 0 unspecified atom stereocenters. The van der Waals surface area contributed by atoms with Crippen molar-refractivity contribution in [2.45, 2.75) is 115 Å². The summed E-state index contributed by atoms with van der Waals surface area (Å²) in [5, 5.41) is 0. The average Bonchev–Trinajstić information content (AvgIpc) is 3.30. The number of ether oxygens (including phenoxy) is 7. The van der Waals surface area contributed by atoms with Crippen LogP contribution in [0, 0.1) is 29.6 Å². The van der Waals surface area contributed by atoms with Crippen LogP contribution in [0.25, 0.3) is 0 Å². The highest BCUT2D eigenvalue weighted by Gasteiger charge is 2.63. The highest BCUT2D eigenvalue weighted by molar-refractivity contribution is 5.77. The number of esters is 5. The number of hydrogen-bond acceptors (Lipinski definition) is 12. The Kier molecular flexibility index (Phi) is 9.60. The van der Waals surface area contributed by atoms with E-state index in [9.17, 15) is 24.0 Å². The van der Waals surface area contributed by atoms with Gasteiger partial charge >= 0.3 is 29.8 Å². The first-order chi connectivity index (χ1) is 22.2. The Labute approximate surface area is 274 Å². The molecule has 0 amide bonds. The summed E-state index contributed by atoms with van der Waals surface area (Å²) in [6, 6.07) is 5.71. The normalized spacial score (nSPS) is 35.4. The Balaban J connectivity index is 1.42. The average molecular weight is 655 g/mol. The van der Waals surface area contributed by atoms with E-state index >= 15 is 0 Å². The summed E-state index contributed by atoms with van der Waals surface area (Å²) in [4.78, 5) is 61.1. The zero-order valence-electron chi connectivity index (χ0n) is 27.6. The Bertz CT molecular complexity index is 1480. The van der Waals surface area contributed by atoms with Gasteiger partial charge in [-0.25, -0.2) is 4.79 Å². The van der Waals surface area contributed by atoms with E-state index in [0.717, 1.165) is 65.5 Å². The molecule has 0 spiro atoms. The molecule has 254 valence electrons. The Morgan fingerprint density at radius 3 is 2.15 bits per heavy atom. The van der Waals surface area contributed by atoms with Gasteiger partial charge in [-0.15, -0.1) is 6.42 Å². The van der Waals surface area contributed by atoms with Gasteiger partial charge in [0.1, 0.15) is 5.75 Å². The fourth-order valence-electron chi connectivity index (χ4n) is 8.62. The molecule has 1 heterocycles. The van der Waals surface area contributed by atoms with Crippen LogP contribution < -0.4 is 4.74 Å². The third kappa shape index (κ3) is 6.30. The molecule has 0 aromatic heterocycles. The number of aryl methyl sites for hydroxylation is 1. The van der Waals surface area contributed by atoms with E-state index in [2.05, 4.69) is 12.8 Å². The van der Waals surface area contributed by atoms with E-state index < -0.39 is 60.2 Å². The summed E-state index contributed by atoms with van der Waals surface area (Å²) in [6.45, 7) is 6.99. The first kappa shape index (κ1) is 34.2. The molecule has 1 aromatic carbocycles. The molecular weight excluding hydrogens is 612 g/mol. The number of carbonyl (C=O) groups excluding carboxylic acids is 5. The molecule has 0 bridgehead atoms.